The standard InChI is InChI=1S/C8H16N2O2/c1-5(8(9)12)7(11)6(2)10(3)4/h5,7,11H,2H2,1,3-4H3,(H2,9,12). The molecule has 0 spiro atoms. The lowest BCUT2D eigenvalue weighted by molar-refractivity contribution is -0.124. The molecule has 0 saturated carbocycles. The first kappa shape index (κ1) is 11.0. The Labute approximate surface area is 72.7 Å². The Bertz CT molecular complexity index is 189. The molecular formula is C8H16N2O2. The van der Waals surface area contributed by atoms with Crippen molar-refractivity contribution in [3.05, 3.63) is 12.3 Å². The molecule has 2 atom stereocenters. The summed E-state index contributed by atoms with van der Waals surface area (Å²) in [7, 11) is 3.50. The van der Waals surface area contributed by atoms with E-state index >= 15 is 0 Å². The topological polar surface area (TPSA) is 66.6 Å². The van der Waals surface area contributed by atoms with Gasteiger partial charge in [0, 0.05) is 19.8 Å². The number of rotatable bonds is 4. The molecule has 12 heavy (non-hydrogen) atoms. The first-order valence-corrected chi connectivity index (χ1v) is 3.71. The van der Waals surface area contributed by atoms with Gasteiger partial charge in [0.15, 0.2) is 0 Å². The van der Waals surface area contributed by atoms with Gasteiger partial charge >= 0.3 is 0 Å². The number of hydrogen-bond donors (Lipinski definition) is 2. The van der Waals surface area contributed by atoms with Crippen LogP contribution in [0.4, 0.5) is 0 Å². The van der Waals surface area contributed by atoms with E-state index in [1.165, 1.54) is 0 Å². The molecule has 0 saturated heterocycles. The van der Waals surface area contributed by atoms with Crippen LogP contribution in [0.3, 0.4) is 0 Å². The van der Waals surface area contributed by atoms with Gasteiger partial charge in [-0.15, -0.1) is 0 Å². The van der Waals surface area contributed by atoms with Crippen LogP contribution in [0.1, 0.15) is 6.92 Å². The molecule has 1 amide bonds. The Morgan fingerprint density at radius 1 is 1.58 bits per heavy atom. The third kappa shape index (κ3) is 2.54. The molecule has 0 heterocycles. The minimum atomic E-state index is -0.891. The van der Waals surface area contributed by atoms with E-state index in [2.05, 4.69) is 6.58 Å². The fourth-order valence-corrected chi connectivity index (χ4v) is 0.709. The van der Waals surface area contributed by atoms with Crippen LogP contribution in [-0.4, -0.2) is 36.1 Å². The number of aliphatic hydroxyl groups is 1. The summed E-state index contributed by atoms with van der Waals surface area (Å²) in [6.07, 6.45) is -0.891. The van der Waals surface area contributed by atoms with E-state index in [9.17, 15) is 9.90 Å². The molecule has 2 unspecified atom stereocenters. The predicted molar refractivity (Wildman–Crippen MR) is 47.2 cm³/mol. The van der Waals surface area contributed by atoms with E-state index in [4.69, 9.17) is 5.73 Å². The highest BCUT2D eigenvalue weighted by Crippen LogP contribution is 2.11. The Kier molecular flexibility index (Phi) is 3.76. The largest absolute Gasteiger partial charge is 0.386 e. The van der Waals surface area contributed by atoms with Gasteiger partial charge in [-0.05, 0) is 0 Å². The van der Waals surface area contributed by atoms with Crippen molar-refractivity contribution in [2.24, 2.45) is 11.7 Å². The number of carbonyl (C=O) groups is 1. The second kappa shape index (κ2) is 4.11. The van der Waals surface area contributed by atoms with Crippen LogP contribution in [0.25, 0.3) is 0 Å². The molecule has 0 rings (SSSR count). The van der Waals surface area contributed by atoms with Crippen molar-refractivity contribution >= 4 is 5.91 Å². The monoisotopic (exact) mass is 172 g/mol. The van der Waals surface area contributed by atoms with Crippen LogP contribution in [0.5, 0.6) is 0 Å². The lowest BCUT2D eigenvalue weighted by Crippen LogP contribution is -2.35. The number of nitrogens with zero attached hydrogens (tertiary/aromatic N) is 1. The summed E-state index contributed by atoms with van der Waals surface area (Å²) >= 11 is 0. The maximum atomic E-state index is 10.7. The molecule has 0 aromatic heterocycles. The van der Waals surface area contributed by atoms with Gasteiger partial charge in [-0.25, -0.2) is 0 Å². The van der Waals surface area contributed by atoms with Gasteiger partial charge in [-0.2, -0.15) is 0 Å². The molecule has 4 nitrogen and oxygen atoms in total. The molecule has 0 radical (unpaired) electrons. The Morgan fingerprint density at radius 2 is 2.00 bits per heavy atom. The SMILES string of the molecule is C=C(C(O)C(C)C(N)=O)N(C)C. The van der Waals surface area contributed by atoms with E-state index in [-0.39, 0.29) is 0 Å². The third-order valence-electron chi connectivity index (χ3n) is 1.84. The average molecular weight is 172 g/mol. The fourth-order valence-electron chi connectivity index (χ4n) is 0.709. The van der Waals surface area contributed by atoms with Crippen molar-refractivity contribution in [1.29, 1.82) is 0 Å². The quantitative estimate of drug-likeness (QED) is 0.603. The molecule has 0 fully saturated rings. The number of hydrogen-bond acceptors (Lipinski definition) is 3. The molecule has 70 valence electrons. The number of primary amides is 1. The molecule has 0 aliphatic rings. The van der Waals surface area contributed by atoms with E-state index in [0.717, 1.165) is 0 Å². The smallest absolute Gasteiger partial charge is 0.223 e. The van der Waals surface area contributed by atoms with Crippen LogP contribution in [0.15, 0.2) is 12.3 Å². The van der Waals surface area contributed by atoms with E-state index < -0.39 is 17.9 Å². The molecule has 0 bridgehead atoms. The van der Waals surface area contributed by atoms with Crippen molar-refractivity contribution < 1.29 is 9.90 Å². The summed E-state index contributed by atoms with van der Waals surface area (Å²) in [5.41, 5.74) is 5.50. The molecule has 0 aliphatic carbocycles. The maximum absolute atomic E-state index is 10.7. The van der Waals surface area contributed by atoms with E-state index in [1.807, 2.05) is 0 Å². The Morgan fingerprint density at radius 3 is 2.25 bits per heavy atom. The van der Waals surface area contributed by atoms with Crippen LogP contribution < -0.4 is 5.73 Å². The summed E-state index contributed by atoms with van der Waals surface area (Å²) in [4.78, 5) is 12.3. The highest BCUT2D eigenvalue weighted by atomic mass is 16.3. The number of amides is 1. The highest BCUT2D eigenvalue weighted by molar-refractivity contribution is 5.77. The van der Waals surface area contributed by atoms with Crippen LogP contribution in [0.2, 0.25) is 0 Å². The number of likely N-dealkylation sites (N-methyl/N-ethyl adjacent to an activating group) is 1. The van der Waals surface area contributed by atoms with Crippen molar-refractivity contribution in [2.75, 3.05) is 14.1 Å². The van der Waals surface area contributed by atoms with Crippen molar-refractivity contribution in [3.8, 4) is 0 Å². The Balaban J connectivity index is 4.29. The van der Waals surface area contributed by atoms with Gasteiger partial charge in [-0.3, -0.25) is 4.79 Å². The van der Waals surface area contributed by atoms with Crippen LogP contribution in [0, 0.1) is 5.92 Å². The Hall–Kier alpha value is -1.03. The van der Waals surface area contributed by atoms with Crippen molar-refractivity contribution in [2.45, 2.75) is 13.0 Å². The lowest BCUT2D eigenvalue weighted by Gasteiger charge is -2.23. The summed E-state index contributed by atoms with van der Waals surface area (Å²) in [5.74, 6) is -1.12. The minimum absolute atomic E-state index is 0.487. The van der Waals surface area contributed by atoms with Gasteiger partial charge in [0.2, 0.25) is 5.91 Å². The molecule has 0 aromatic rings. The summed E-state index contributed by atoms with van der Waals surface area (Å²) < 4.78 is 0. The van der Waals surface area contributed by atoms with E-state index in [0.29, 0.717) is 5.70 Å². The van der Waals surface area contributed by atoms with E-state index in [1.54, 1.807) is 25.9 Å². The predicted octanol–water partition coefficient (Wildman–Crippen LogP) is -0.456. The molecular weight excluding hydrogens is 156 g/mol. The number of aliphatic hydroxyl groups excluding tert-OH is 1. The van der Waals surface area contributed by atoms with Gasteiger partial charge in [0.25, 0.3) is 0 Å². The third-order valence-corrected chi connectivity index (χ3v) is 1.84. The zero-order valence-corrected chi connectivity index (χ0v) is 7.74. The first-order chi connectivity index (χ1) is 5.37. The minimum Gasteiger partial charge on any atom is -0.386 e. The molecule has 4 heteroatoms. The second-order valence-corrected chi connectivity index (χ2v) is 3.02. The maximum Gasteiger partial charge on any atom is 0.223 e. The zero-order valence-electron chi connectivity index (χ0n) is 7.74. The van der Waals surface area contributed by atoms with Crippen LogP contribution >= 0.6 is 0 Å². The lowest BCUT2D eigenvalue weighted by atomic mass is 10.0. The normalized spacial score (nSPS) is 15.0. The number of nitrogens with two attached hydrogens (primary N) is 1. The molecule has 0 aliphatic heterocycles. The number of carbonyl (C=O) groups excluding carboxylic acids is 1. The molecule has 0 aromatic carbocycles. The van der Waals surface area contributed by atoms with Crippen molar-refractivity contribution in [3.63, 3.8) is 0 Å². The molecule has 3 N–H and O–H groups in total. The summed E-state index contributed by atoms with van der Waals surface area (Å²) in [6.45, 7) is 5.20. The fraction of sp³-hybridized carbons (Fsp3) is 0.625. The summed E-state index contributed by atoms with van der Waals surface area (Å²) in [5, 5.41) is 9.49. The van der Waals surface area contributed by atoms with Gasteiger partial charge in [0.1, 0.15) is 6.10 Å². The second-order valence-electron chi connectivity index (χ2n) is 3.02. The summed E-state index contributed by atoms with van der Waals surface area (Å²) in [6, 6.07) is 0. The highest BCUT2D eigenvalue weighted by Gasteiger charge is 2.22. The van der Waals surface area contributed by atoms with Gasteiger partial charge < -0.3 is 15.7 Å². The van der Waals surface area contributed by atoms with Gasteiger partial charge in [0.05, 0.1) is 5.92 Å². The van der Waals surface area contributed by atoms with Gasteiger partial charge in [-0.1, -0.05) is 13.5 Å². The first-order valence-electron chi connectivity index (χ1n) is 3.71. The van der Waals surface area contributed by atoms with Crippen LogP contribution in [-0.2, 0) is 4.79 Å². The van der Waals surface area contributed by atoms with Crippen molar-refractivity contribution in [1.82, 2.24) is 4.90 Å². The average Bonchev–Trinajstić information content (AvgIpc) is 2.00. The zero-order chi connectivity index (χ0) is 9.89.